The van der Waals surface area contributed by atoms with Gasteiger partial charge in [-0.05, 0) is 41.9 Å². The Morgan fingerprint density at radius 3 is 2.62 bits per heavy atom. The molecule has 0 aromatic heterocycles. The standard InChI is InChI=1S/C22H21NO6/c1-11(24)29-19-6-12-5-17-18(27-9-26-17)7-14(12)21-20(19)13-3-4-16-22(28-10-25-16)15(13)8-23(21)2/h3-5,7,19-21H,6,8-10H2,1-2H3/t19?,20-,21?/m1/s1. The monoisotopic (exact) mass is 395 g/mol. The second kappa shape index (κ2) is 6.03. The zero-order chi connectivity index (χ0) is 19.7. The van der Waals surface area contributed by atoms with Gasteiger partial charge in [0.05, 0.1) is 0 Å². The molecule has 4 aliphatic rings. The molecule has 0 saturated carbocycles. The van der Waals surface area contributed by atoms with E-state index in [1.54, 1.807) is 0 Å². The maximum atomic E-state index is 11.9. The number of hydrogen-bond acceptors (Lipinski definition) is 7. The molecular formula is C22H21NO6. The fourth-order valence-corrected chi connectivity index (χ4v) is 5.27. The van der Waals surface area contributed by atoms with E-state index in [1.165, 1.54) is 12.5 Å². The summed E-state index contributed by atoms with van der Waals surface area (Å²) in [5.74, 6) is 2.85. The molecule has 0 saturated heterocycles. The summed E-state index contributed by atoms with van der Waals surface area (Å²) < 4.78 is 28.4. The van der Waals surface area contributed by atoms with Crippen molar-refractivity contribution in [2.45, 2.75) is 38.0 Å². The van der Waals surface area contributed by atoms with Crippen LogP contribution in [0.5, 0.6) is 23.0 Å². The third-order valence-corrected chi connectivity index (χ3v) is 6.35. The molecule has 7 nitrogen and oxygen atoms in total. The fourth-order valence-electron chi connectivity index (χ4n) is 5.27. The summed E-state index contributed by atoms with van der Waals surface area (Å²) >= 11 is 0. The van der Waals surface area contributed by atoms with Crippen LogP contribution in [-0.4, -0.2) is 37.6 Å². The number of ether oxygens (including phenoxy) is 5. The van der Waals surface area contributed by atoms with Gasteiger partial charge in [-0.2, -0.15) is 0 Å². The summed E-state index contributed by atoms with van der Waals surface area (Å²) in [6.45, 7) is 2.67. The summed E-state index contributed by atoms with van der Waals surface area (Å²) in [7, 11) is 2.10. The van der Waals surface area contributed by atoms with Crippen LogP contribution >= 0.6 is 0 Å². The van der Waals surface area contributed by atoms with E-state index in [-0.39, 0.29) is 37.6 Å². The van der Waals surface area contributed by atoms with Crippen LogP contribution in [0.4, 0.5) is 0 Å². The van der Waals surface area contributed by atoms with E-state index < -0.39 is 0 Å². The lowest BCUT2D eigenvalue weighted by atomic mass is 9.70. The third-order valence-electron chi connectivity index (χ3n) is 6.35. The van der Waals surface area contributed by atoms with Gasteiger partial charge in [-0.15, -0.1) is 0 Å². The summed E-state index contributed by atoms with van der Waals surface area (Å²) in [5, 5.41) is 0. The number of hydrogen-bond donors (Lipinski definition) is 0. The van der Waals surface area contributed by atoms with Crippen molar-refractivity contribution in [3.8, 4) is 23.0 Å². The minimum absolute atomic E-state index is 0.00461. The van der Waals surface area contributed by atoms with Crippen LogP contribution in [0.3, 0.4) is 0 Å². The topological polar surface area (TPSA) is 66.5 Å². The number of rotatable bonds is 1. The van der Waals surface area contributed by atoms with Gasteiger partial charge in [-0.1, -0.05) is 6.07 Å². The van der Waals surface area contributed by atoms with Crippen LogP contribution in [0.25, 0.3) is 0 Å². The zero-order valence-corrected chi connectivity index (χ0v) is 16.3. The van der Waals surface area contributed by atoms with Gasteiger partial charge in [0.2, 0.25) is 13.6 Å². The molecule has 150 valence electrons. The highest BCUT2D eigenvalue weighted by molar-refractivity contribution is 5.67. The molecule has 6 rings (SSSR count). The summed E-state index contributed by atoms with van der Waals surface area (Å²) in [6.07, 6.45) is 0.362. The smallest absolute Gasteiger partial charge is 0.302 e. The SMILES string of the molecule is CC(=O)OC1Cc2cc3c(cc2C2[C@@H]1c1ccc4c(c1CN2C)OCO4)OCO3. The second-order valence-electron chi connectivity index (χ2n) is 8.01. The Morgan fingerprint density at radius 1 is 1.03 bits per heavy atom. The van der Waals surface area contributed by atoms with Crippen LogP contribution in [0.2, 0.25) is 0 Å². The molecule has 2 aromatic carbocycles. The van der Waals surface area contributed by atoms with E-state index in [9.17, 15) is 4.79 Å². The van der Waals surface area contributed by atoms with Crippen LogP contribution in [0, 0.1) is 0 Å². The first kappa shape index (κ1) is 17.0. The van der Waals surface area contributed by atoms with Crippen molar-refractivity contribution in [1.29, 1.82) is 0 Å². The minimum atomic E-state index is -0.271. The molecule has 0 spiro atoms. The number of esters is 1. The van der Waals surface area contributed by atoms with Crippen molar-refractivity contribution in [2.24, 2.45) is 0 Å². The first-order valence-electron chi connectivity index (χ1n) is 9.81. The Bertz CT molecular complexity index is 1030. The van der Waals surface area contributed by atoms with E-state index in [2.05, 4.69) is 24.1 Å². The largest absolute Gasteiger partial charge is 0.461 e. The minimum Gasteiger partial charge on any atom is -0.461 e. The average Bonchev–Trinajstić information content (AvgIpc) is 3.34. The van der Waals surface area contributed by atoms with E-state index in [1.807, 2.05) is 12.1 Å². The Balaban J connectivity index is 1.53. The Labute approximate surface area is 168 Å². The van der Waals surface area contributed by atoms with Crippen LogP contribution in [0.15, 0.2) is 24.3 Å². The molecule has 0 radical (unpaired) electrons. The summed E-state index contributed by atoms with van der Waals surface area (Å²) in [4.78, 5) is 14.2. The van der Waals surface area contributed by atoms with Gasteiger partial charge in [0.25, 0.3) is 0 Å². The van der Waals surface area contributed by atoms with Gasteiger partial charge in [0.1, 0.15) is 6.10 Å². The maximum absolute atomic E-state index is 11.9. The normalized spacial score (nSPS) is 25.8. The summed E-state index contributed by atoms with van der Waals surface area (Å²) in [6, 6.07) is 8.25. The van der Waals surface area contributed by atoms with Crippen molar-refractivity contribution >= 4 is 5.97 Å². The number of likely N-dealkylation sites (N-methyl/N-ethyl adjacent to an activating group) is 1. The van der Waals surface area contributed by atoms with Gasteiger partial charge in [0.15, 0.2) is 23.0 Å². The fraction of sp³-hybridized carbons (Fsp3) is 0.409. The third kappa shape index (κ3) is 2.43. The van der Waals surface area contributed by atoms with E-state index in [0.29, 0.717) is 6.42 Å². The predicted octanol–water partition coefficient (Wildman–Crippen LogP) is 2.90. The molecule has 0 fully saturated rings. The van der Waals surface area contributed by atoms with Gasteiger partial charge in [-0.3, -0.25) is 9.69 Å². The van der Waals surface area contributed by atoms with Gasteiger partial charge >= 0.3 is 5.97 Å². The van der Waals surface area contributed by atoms with Crippen molar-refractivity contribution in [2.75, 3.05) is 20.6 Å². The van der Waals surface area contributed by atoms with Gasteiger partial charge in [0, 0.05) is 37.4 Å². The molecule has 3 heterocycles. The first-order valence-corrected chi connectivity index (χ1v) is 9.81. The van der Waals surface area contributed by atoms with Gasteiger partial charge in [-0.25, -0.2) is 0 Å². The number of benzene rings is 2. The Morgan fingerprint density at radius 2 is 1.79 bits per heavy atom. The highest BCUT2D eigenvalue weighted by atomic mass is 16.7. The second-order valence-corrected chi connectivity index (χ2v) is 8.01. The lowest BCUT2D eigenvalue weighted by Crippen LogP contribution is -2.45. The highest BCUT2D eigenvalue weighted by Crippen LogP contribution is 2.54. The lowest BCUT2D eigenvalue weighted by molar-refractivity contribution is -0.149. The molecule has 0 amide bonds. The maximum Gasteiger partial charge on any atom is 0.302 e. The molecule has 0 N–H and O–H groups in total. The number of fused-ring (bicyclic) bond motifs is 8. The number of nitrogens with zero attached hydrogens (tertiary/aromatic N) is 1. The molecule has 3 aliphatic heterocycles. The van der Waals surface area contributed by atoms with E-state index in [0.717, 1.165) is 46.2 Å². The predicted molar refractivity (Wildman–Crippen MR) is 101 cm³/mol. The van der Waals surface area contributed by atoms with Crippen LogP contribution in [-0.2, 0) is 22.5 Å². The molecule has 7 heteroatoms. The average molecular weight is 395 g/mol. The van der Waals surface area contributed by atoms with Crippen molar-refractivity contribution in [3.05, 3.63) is 46.5 Å². The van der Waals surface area contributed by atoms with E-state index >= 15 is 0 Å². The number of carbonyl (C=O) groups excluding carboxylic acids is 1. The van der Waals surface area contributed by atoms with Crippen molar-refractivity contribution in [1.82, 2.24) is 4.90 Å². The highest BCUT2D eigenvalue weighted by Gasteiger charge is 2.47. The Hall–Kier alpha value is -2.93. The molecule has 2 unspecified atom stereocenters. The molecule has 2 aromatic rings. The van der Waals surface area contributed by atoms with Crippen molar-refractivity contribution in [3.63, 3.8) is 0 Å². The number of carbonyl (C=O) groups is 1. The molecular weight excluding hydrogens is 374 g/mol. The lowest BCUT2D eigenvalue weighted by Gasteiger charge is -2.47. The zero-order valence-electron chi connectivity index (χ0n) is 16.3. The van der Waals surface area contributed by atoms with Crippen molar-refractivity contribution < 1.29 is 28.5 Å². The molecule has 3 atom stereocenters. The molecule has 29 heavy (non-hydrogen) atoms. The van der Waals surface area contributed by atoms with Crippen LogP contribution < -0.4 is 18.9 Å². The van der Waals surface area contributed by atoms with Gasteiger partial charge < -0.3 is 23.7 Å². The van der Waals surface area contributed by atoms with E-state index in [4.69, 9.17) is 23.7 Å². The Kier molecular flexibility index (Phi) is 3.53. The first-order chi connectivity index (χ1) is 14.1. The molecule has 1 aliphatic carbocycles. The summed E-state index contributed by atoms with van der Waals surface area (Å²) in [5.41, 5.74) is 4.61. The molecule has 0 bridgehead atoms. The van der Waals surface area contributed by atoms with Crippen LogP contribution in [0.1, 0.15) is 41.1 Å². The quantitative estimate of drug-likeness (QED) is 0.688.